The van der Waals surface area contributed by atoms with Gasteiger partial charge in [-0.25, -0.2) is 0 Å². The van der Waals surface area contributed by atoms with Gasteiger partial charge in [-0.3, -0.25) is 0 Å². The number of halogens is 2. The monoisotopic (exact) mass is 424 g/mol. The summed E-state index contributed by atoms with van der Waals surface area (Å²) in [5.41, 5.74) is 3.35. The van der Waals surface area contributed by atoms with Gasteiger partial charge in [-0.05, 0) is 84.7 Å². The topological polar surface area (TPSA) is 40.5 Å². The largest absolute Gasteiger partial charge is 0.507 e. The Kier molecular flexibility index (Phi) is 3.61. The van der Waals surface area contributed by atoms with Gasteiger partial charge in [0.1, 0.15) is 11.5 Å². The van der Waals surface area contributed by atoms with Crippen molar-refractivity contribution in [3.05, 3.63) is 56.0 Å². The normalized spacial score (nSPS) is 22.6. The van der Waals surface area contributed by atoms with Gasteiger partial charge in [-0.1, -0.05) is 26.8 Å². The molecule has 0 amide bonds. The van der Waals surface area contributed by atoms with Crippen LogP contribution in [-0.2, 0) is 10.8 Å². The van der Waals surface area contributed by atoms with Crippen molar-refractivity contribution >= 4 is 31.9 Å². The number of aromatic hydroxyl groups is 2. The number of fused-ring (bicyclic) bond motifs is 1. The summed E-state index contributed by atoms with van der Waals surface area (Å²) in [6.45, 7) is 6.67. The number of phenols is 2. The molecule has 0 aliphatic heterocycles. The van der Waals surface area contributed by atoms with E-state index in [0.717, 1.165) is 22.0 Å². The average molecular weight is 426 g/mol. The van der Waals surface area contributed by atoms with E-state index >= 15 is 0 Å². The molecule has 2 nitrogen and oxygen atoms in total. The highest BCUT2D eigenvalue weighted by atomic mass is 79.9. The quantitative estimate of drug-likeness (QED) is 0.623. The number of hydrogen-bond acceptors (Lipinski definition) is 2. The van der Waals surface area contributed by atoms with Crippen LogP contribution in [0.1, 0.15) is 43.9 Å². The van der Waals surface area contributed by atoms with Crippen molar-refractivity contribution in [2.75, 3.05) is 0 Å². The lowest BCUT2D eigenvalue weighted by Crippen LogP contribution is -2.23. The summed E-state index contributed by atoms with van der Waals surface area (Å²) in [6, 6.07) is 9.55. The summed E-state index contributed by atoms with van der Waals surface area (Å²) in [4.78, 5) is 0. The molecule has 0 fully saturated rings. The lowest BCUT2D eigenvalue weighted by molar-refractivity contribution is 0.423. The van der Waals surface area contributed by atoms with Crippen LogP contribution in [0.3, 0.4) is 0 Å². The van der Waals surface area contributed by atoms with Crippen LogP contribution in [0.25, 0.3) is 0 Å². The molecular weight excluding hydrogens is 408 g/mol. The van der Waals surface area contributed by atoms with Gasteiger partial charge in [0, 0.05) is 5.41 Å². The number of rotatable bonds is 1. The molecule has 0 bridgehead atoms. The van der Waals surface area contributed by atoms with Crippen LogP contribution >= 0.6 is 31.9 Å². The van der Waals surface area contributed by atoms with Crippen LogP contribution in [0.15, 0.2) is 39.3 Å². The van der Waals surface area contributed by atoms with Crippen LogP contribution in [0.5, 0.6) is 11.5 Å². The third kappa shape index (κ3) is 2.28. The summed E-state index contributed by atoms with van der Waals surface area (Å²) < 4.78 is 1.43. The Balaban J connectivity index is 2.25. The smallest absolute Gasteiger partial charge is 0.130 e. The molecule has 1 aliphatic carbocycles. The van der Waals surface area contributed by atoms with E-state index in [-0.39, 0.29) is 22.3 Å². The lowest BCUT2D eigenvalue weighted by atomic mass is 9.75. The van der Waals surface area contributed by atoms with Gasteiger partial charge >= 0.3 is 0 Å². The summed E-state index contributed by atoms with van der Waals surface area (Å²) in [5, 5.41) is 19.9. The molecule has 0 saturated carbocycles. The predicted molar refractivity (Wildman–Crippen MR) is 95.7 cm³/mol. The van der Waals surface area contributed by atoms with Crippen molar-refractivity contribution in [3.63, 3.8) is 0 Å². The third-order valence-electron chi connectivity index (χ3n) is 4.79. The molecule has 2 N–H and O–H groups in total. The first-order valence-electron chi connectivity index (χ1n) is 7.18. The summed E-state index contributed by atoms with van der Waals surface area (Å²) in [6.07, 6.45) is 0.947. The molecule has 0 spiro atoms. The number of benzene rings is 2. The SMILES string of the molecule is CC1(C)CC(C)(c2ccc(O)c(Br)c2)c2cc(O)c(Br)cc21. The molecule has 2 aromatic carbocycles. The van der Waals surface area contributed by atoms with E-state index in [4.69, 9.17) is 0 Å². The molecule has 0 saturated heterocycles. The zero-order chi connectivity index (χ0) is 16.3. The zero-order valence-corrected chi connectivity index (χ0v) is 15.9. The van der Waals surface area contributed by atoms with E-state index in [9.17, 15) is 10.2 Å². The summed E-state index contributed by atoms with van der Waals surface area (Å²) in [7, 11) is 0. The molecule has 4 heteroatoms. The van der Waals surface area contributed by atoms with Crippen LogP contribution < -0.4 is 0 Å². The first kappa shape index (κ1) is 15.9. The fraction of sp³-hybridized carbons (Fsp3) is 0.333. The average Bonchev–Trinajstić information content (AvgIpc) is 2.62. The fourth-order valence-corrected chi connectivity index (χ4v) is 4.48. The highest BCUT2D eigenvalue weighted by Gasteiger charge is 2.46. The van der Waals surface area contributed by atoms with E-state index in [0.29, 0.717) is 4.47 Å². The summed E-state index contributed by atoms with van der Waals surface area (Å²) >= 11 is 6.83. The number of hydrogen-bond donors (Lipinski definition) is 2. The van der Waals surface area contributed by atoms with E-state index in [1.807, 2.05) is 24.3 Å². The van der Waals surface area contributed by atoms with Gasteiger partial charge in [-0.15, -0.1) is 0 Å². The Morgan fingerprint density at radius 1 is 0.864 bits per heavy atom. The molecular formula is C18H18Br2O2. The van der Waals surface area contributed by atoms with Crippen molar-refractivity contribution in [2.24, 2.45) is 0 Å². The minimum atomic E-state index is -0.201. The fourth-order valence-electron chi connectivity index (χ4n) is 3.76. The van der Waals surface area contributed by atoms with Crippen LogP contribution in [0.2, 0.25) is 0 Å². The van der Waals surface area contributed by atoms with Gasteiger partial charge in [0.05, 0.1) is 8.95 Å². The zero-order valence-electron chi connectivity index (χ0n) is 12.7. The van der Waals surface area contributed by atoms with E-state index in [1.54, 1.807) is 6.07 Å². The van der Waals surface area contributed by atoms with Crippen molar-refractivity contribution < 1.29 is 10.2 Å². The first-order valence-corrected chi connectivity index (χ1v) is 8.76. The molecule has 1 unspecified atom stereocenters. The Hall–Kier alpha value is -1.00. The highest BCUT2D eigenvalue weighted by Crippen LogP contribution is 2.55. The van der Waals surface area contributed by atoms with Crippen LogP contribution in [0.4, 0.5) is 0 Å². The van der Waals surface area contributed by atoms with Crippen LogP contribution in [-0.4, -0.2) is 10.2 Å². The second-order valence-electron chi connectivity index (χ2n) is 6.91. The molecule has 3 rings (SSSR count). The second kappa shape index (κ2) is 5.00. The van der Waals surface area contributed by atoms with Crippen molar-refractivity contribution in [1.29, 1.82) is 0 Å². The maximum absolute atomic E-state index is 10.1. The molecule has 116 valence electrons. The second-order valence-corrected chi connectivity index (χ2v) is 8.62. The van der Waals surface area contributed by atoms with E-state index < -0.39 is 0 Å². The summed E-state index contributed by atoms with van der Waals surface area (Å²) in [5.74, 6) is 0.504. The minimum Gasteiger partial charge on any atom is -0.507 e. The molecule has 0 heterocycles. The molecule has 1 atom stereocenters. The standard InChI is InChI=1S/C18H18Br2O2/c1-17(2)9-18(3,10-4-5-15(21)13(19)6-10)12-8-16(22)14(20)7-11(12)17/h4-8,21-22H,9H2,1-3H3. The molecule has 1 aliphatic rings. The van der Waals surface area contributed by atoms with E-state index in [2.05, 4.69) is 52.6 Å². The first-order chi connectivity index (χ1) is 10.1. The third-order valence-corrected chi connectivity index (χ3v) is 6.06. The van der Waals surface area contributed by atoms with Gasteiger partial charge in [0.15, 0.2) is 0 Å². The van der Waals surface area contributed by atoms with Crippen LogP contribution in [0, 0.1) is 0 Å². The molecule has 22 heavy (non-hydrogen) atoms. The van der Waals surface area contributed by atoms with Gasteiger partial charge in [0.25, 0.3) is 0 Å². The Labute approximate surface area is 147 Å². The molecule has 0 aromatic heterocycles. The minimum absolute atomic E-state index is 0.0185. The highest BCUT2D eigenvalue weighted by molar-refractivity contribution is 9.10. The Morgan fingerprint density at radius 2 is 1.50 bits per heavy atom. The van der Waals surface area contributed by atoms with Gasteiger partial charge in [0.2, 0.25) is 0 Å². The predicted octanol–water partition coefficient (Wildman–Crippen LogP) is 5.61. The van der Waals surface area contributed by atoms with Crippen molar-refractivity contribution in [3.8, 4) is 11.5 Å². The molecule has 0 radical (unpaired) electrons. The van der Waals surface area contributed by atoms with Crippen molar-refractivity contribution in [1.82, 2.24) is 0 Å². The van der Waals surface area contributed by atoms with Gasteiger partial charge in [-0.2, -0.15) is 0 Å². The Bertz CT molecular complexity index is 768. The lowest BCUT2D eigenvalue weighted by Gasteiger charge is -2.28. The van der Waals surface area contributed by atoms with E-state index in [1.165, 1.54) is 5.56 Å². The van der Waals surface area contributed by atoms with Gasteiger partial charge < -0.3 is 10.2 Å². The molecule has 2 aromatic rings. The maximum Gasteiger partial charge on any atom is 0.130 e. The number of phenolic OH excluding ortho intramolecular Hbond substituents is 2. The maximum atomic E-state index is 10.1. The Morgan fingerprint density at radius 3 is 2.14 bits per heavy atom. The van der Waals surface area contributed by atoms with Crippen molar-refractivity contribution in [2.45, 2.75) is 38.0 Å².